The highest BCUT2D eigenvalue weighted by molar-refractivity contribution is 7.98. The van der Waals surface area contributed by atoms with Gasteiger partial charge in [0.2, 0.25) is 0 Å². The van der Waals surface area contributed by atoms with Crippen LogP contribution in [0.1, 0.15) is 16.1 Å². The highest BCUT2D eigenvalue weighted by Gasteiger charge is 2.15. The SMILES string of the molecule is CN(C)C(=O)COC(=O)c1ccccc1SCc1cscn1. The molecule has 0 aliphatic carbocycles. The highest BCUT2D eigenvalue weighted by Crippen LogP contribution is 2.26. The number of likely N-dealkylation sites (N-methyl/N-ethyl adjacent to an activating group) is 1. The molecule has 0 spiro atoms. The Morgan fingerprint density at radius 1 is 1.32 bits per heavy atom. The molecule has 1 heterocycles. The molecule has 0 radical (unpaired) electrons. The molecule has 0 saturated carbocycles. The maximum Gasteiger partial charge on any atom is 0.339 e. The summed E-state index contributed by atoms with van der Waals surface area (Å²) >= 11 is 3.06. The monoisotopic (exact) mass is 336 g/mol. The lowest BCUT2D eigenvalue weighted by Crippen LogP contribution is -2.27. The zero-order chi connectivity index (χ0) is 15.9. The summed E-state index contributed by atoms with van der Waals surface area (Å²) in [6.07, 6.45) is 0. The van der Waals surface area contributed by atoms with Crippen LogP contribution in [0.25, 0.3) is 0 Å². The normalized spacial score (nSPS) is 10.3. The van der Waals surface area contributed by atoms with Crippen LogP contribution in [-0.2, 0) is 15.3 Å². The summed E-state index contributed by atoms with van der Waals surface area (Å²) in [7, 11) is 3.24. The molecule has 1 amide bonds. The second-order valence-electron chi connectivity index (χ2n) is 4.63. The van der Waals surface area contributed by atoms with E-state index in [9.17, 15) is 9.59 Å². The van der Waals surface area contributed by atoms with Gasteiger partial charge in [-0.2, -0.15) is 0 Å². The molecule has 2 aromatic rings. The number of carbonyl (C=O) groups excluding carboxylic acids is 2. The predicted octanol–water partition coefficient (Wildman–Crippen LogP) is 2.68. The smallest absolute Gasteiger partial charge is 0.339 e. The fourth-order valence-corrected chi connectivity index (χ4v) is 3.16. The Kier molecular flexibility index (Phi) is 5.97. The molecule has 0 bridgehead atoms. The Hall–Kier alpha value is -1.86. The molecule has 116 valence electrons. The number of amides is 1. The number of thiazole rings is 1. The lowest BCUT2D eigenvalue weighted by atomic mass is 10.2. The number of thioether (sulfide) groups is 1. The minimum absolute atomic E-state index is 0.249. The van der Waals surface area contributed by atoms with Crippen molar-refractivity contribution in [1.82, 2.24) is 9.88 Å². The molecule has 1 aromatic heterocycles. The molecule has 0 aliphatic rings. The number of esters is 1. The number of ether oxygens (including phenoxy) is 1. The van der Waals surface area contributed by atoms with Gasteiger partial charge in [0, 0.05) is 30.1 Å². The number of carbonyl (C=O) groups is 2. The van der Waals surface area contributed by atoms with Gasteiger partial charge >= 0.3 is 5.97 Å². The number of aromatic nitrogens is 1. The van der Waals surface area contributed by atoms with E-state index in [0.717, 1.165) is 10.6 Å². The van der Waals surface area contributed by atoms with Gasteiger partial charge in [-0.1, -0.05) is 12.1 Å². The largest absolute Gasteiger partial charge is 0.452 e. The molecule has 22 heavy (non-hydrogen) atoms. The molecular formula is C15H16N2O3S2. The molecule has 1 aromatic carbocycles. The van der Waals surface area contributed by atoms with Gasteiger partial charge in [0.05, 0.1) is 16.8 Å². The number of hydrogen-bond acceptors (Lipinski definition) is 6. The quantitative estimate of drug-likeness (QED) is 0.599. The van der Waals surface area contributed by atoms with Crippen molar-refractivity contribution in [3.05, 3.63) is 46.4 Å². The third-order valence-electron chi connectivity index (χ3n) is 2.79. The van der Waals surface area contributed by atoms with Gasteiger partial charge in [-0.25, -0.2) is 9.78 Å². The van der Waals surface area contributed by atoms with Crippen LogP contribution in [0.3, 0.4) is 0 Å². The summed E-state index contributed by atoms with van der Waals surface area (Å²) in [6.45, 7) is -0.253. The second-order valence-corrected chi connectivity index (χ2v) is 6.36. The minimum atomic E-state index is -0.489. The Morgan fingerprint density at radius 3 is 2.77 bits per heavy atom. The first kappa shape index (κ1) is 16.5. The molecule has 5 nitrogen and oxygen atoms in total. The number of benzene rings is 1. The fraction of sp³-hybridized carbons (Fsp3) is 0.267. The third kappa shape index (κ3) is 4.57. The van der Waals surface area contributed by atoms with Crippen LogP contribution in [0.15, 0.2) is 40.1 Å². The summed E-state index contributed by atoms with van der Waals surface area (Å²) < 4.78 is 5.07. The van der Waals surface area contributed by atoms with Crippen molar-refractivity contribution in [3.63, 3.8) is 0 Å². The van der Waals surface area contributed by atoms with E-state index in [2.05, 4.69) is 4.98 Å². The van der Waals surface area contributed by atoms with Crippen molar-refractivity contribution in [2.45, 2.75) is 10.6 Å². The third-order valence-corrected chi connectivity index (χ3v) is 4.53. The number of nitrogens with zero attached hydrogens (tertiary/aromatic N) is 2. The van der Waals surface area contributed by atoms with Gasteiger partial charge in [0.15, 0.2) is 6.61 Å². The molecule has 0 N–H and O–H groups in total. The number of rotatable bonds is 6. The second kappa shape index (κ2) is 7.95. The van der Waals surface area contributed by atoms with Gasteiger partial charge in [0.25, 0.3) is 5.91 Å². The van der Waals surface area contributed by atoms with E-state index in [0.29, 0.717) is 11.3 Å². The van der Waals surface area contributed by atoms with Crippen molar-refractivity contribution in [2.75, 3.05) is 20.7 Å². The first-order chi connectivity index (χ1) is 10.6. The van der Waals surface area contributed by atoms with E-state index >= 15 is 0 Å². The molecule has 2 rings (SSSR count). The Bertz CT molecular complexity index is 642. The van der Waals surface area contributed by atoms with Crippen LogP contribution in [0.5, 0.6) is 0 Å². The maximum absolute atomic E-state index is 12.1. The van der Waals surface area contributed by atoms with E-state index in [1.807, 2.05) is 17.5 Å². The first-order valence-electron chi connectivity index (χ1n) is 6.54. The van der Waals surface area contributed by atoms with E-state index in [-0.39, 0.29) is 12.5 Å². The summed E-state index contributed by atoms with van der Waals surface area (Å²) in [4.78, 5) is 30.0. The number of hydrogen-bond donors (Lipinski definition) is 0. The highest BCUT2D eigenvalue weighted by atomic mass is 32.2. The van der Waals surface area contributed by atoms with Gasteiger partial charge in [-0.05, 0) is 12.1 Å². The van der Waals surface area contributed by atoms with E-state index in [1.54, 1.807) is 43.1 Å². The van der Waals surface area contributed by atoms with Gasteiger partial charge in [-0.15, -0.1) is 23.1 Å². The van der Waals surface area contributed by atoms with Gasteiger partial charge in [0.1, 0.15) is 0 Å². The van der Waals surface area contributed by atoms with Crippen LogP contribution >= 0.6 is 23.1 Å². The zero-order valence-electron chi connectivity index (χ0n) is 12.3. The van der Waals surface area contributed by atoms with E-state index in [1.165, 1.54) is 16.7 Å². The standard InChI is InChI=1S/C15H16N2O3S2/c1-17(2)14(18)7-20-15(19)12-5-3-4-6-13(12)22-9-11-8-21-10-16-11/h3-6,8,10H,7,9H2,1-2H3. The predicted molar refractivity (Wildman–Crippen MR) is 87.1 cm³/mol. The Labute approximate surface area is 137 Å². The Balaban J connectivity index is 2.00. The van der Waals surface area contributed by atoms with Crippen molar-refractivity contribution in [3.8, 4) is 0 Å². The van der Waals surface area contributed by atoms with Crippen LogP contribution < -0.4 is 0 Å². The van der Waals surface area contributed by atoms with Crippen molar-refractivity contribution in [2.24, 2.45) is 0 Å². The zero-order valence-corrected chi connectivity index (χ0v) is 13.9. The van der Waals surface area contributed by atoms with Crippen molar-refractivity contribution >= 4 is 35.0 Å². The summed E-state index contributed by atoms with van der Waals surface area (Å²) in [5.41, 5.74) is 3.22. The molecule has 0 atom stereocenters. The molecule has 0 saturated heterocycles. The van der Waals surface area contributed by atoms with Gasteiger partial charge < -0.3 is 9.64 Å². The van der Waals surface area contributed by atoms with E-state index < -0.39 is 5.97 Å². The topological polar surface area (TPSA) is 59.5 Å². The van der Waals surface area contributed by atoms with Crippen LogP contribution in [0, 0.1) is 0 Å². The molecular weight excluding hydrogens is 320 g/mol. The minimum Gasteiger partial charge on any atom is -0.452 e. The lowest BCUT2D eigenvalue weighted by molar-refractivity contribution is -0.131. The summed E-state index contributed by atoms with van der Waals surface area (Å²) in [6, 6.07) is 7.20. The summed E-state index contributed by atoms with van der Waals surface area (Å²) in [5, 5.41) is 1.98. The molecule has 0 unspecified atom stereocenters. The first-order valence-corrected chi connectivity index (χ1v) is 8.47. The molecule has 0 fully saturated rings. The van der Waals surface area contributed by atoms with Crippen LogP contribution in [0.2, 0.25) is 0 Å². The fourth-order valence-electron chi connectivity index (χ4n) is 1.56. The average molecular weight is 336 g/mol. The lowest BCUT2D eigenvalue weighted by Gasteiger charge is -2.11. The summed E-state index contributed by atoms with van der Waals surface area (Å²) in [5.74, 6) is -0.0535. The van der Waals surface area contributed by atoms with Crippen LogP contribution in [0.4, 0.5) is 0 Å². The van der Waals surface area contributed by atoms with Crippen molar-refractivity contribution in [1.29, 1.82) is 0 Å². The van der Waals surface area contributed by atoms with E-state index in [4.69, 9.17) is 4.74 Å². The maximum atomic E-state index is 12.1. The molecule has 7 heteroatoms. The average Bonchev–Trinajstić information content (AvgIpc) is 3.03. The van der Waals surface area contributed by atoms with Gasteiger partial charge in [-0.3, -0.25) is 4.79 Å². The Morgan fingerprint density at radius 2 is 2.09 bits per heavy atom. The van der Waals surface area contributed by atoms with Crippen LogP contribution in [-0.4, -0.2) is 42.5 Å². The van der Waals surface area contributed by atoms with Crippen molar-refractivity contribution < 1.29 is 14.3 Å². The molecule has 0 aliphatic heterocycles.